The maximum Gasteiger partial charge on any atom is 0.340 e. The van der Waals surface area contributed by atoms with Crippen molar-refractivity contribution in [2.24, 2.45) is 0 Å². The maximum absolute atomic E-state index is 12.5. The third-order valence-electron chi connectivity index (χ3n) is 4.41. The molecule has 0 spiro atoms. The molecule has 0 unspecified atom stereocenters. The van der Waals surface area contributed by atoms with E-state index in [4.69, 9.17) is 27.9 Å². The Balaban J connectivity index is 1.57. The van der Waals surface area contributed by atoms with Crippen LogP contribution in [0.15, 0.2) is 33.3 Å². The first kappa shape index (κ1) is 21.3. The first-order valence-electron chi connectivity index (χ1n) is 8.81. The number of benzene rings is 1. The highest BCUT2D eigenvalue weighted by molar-refractivity contribution is 7.89. The number of carbonyl (C=O) groups excluding carboxylic acids is 1. The summed E-state index contributed by atoms with van der Waals surface area (Å²) >= 11 is 13.4. The van der Waals surface area contributed by atoms with Crippen molar-refractivity contribution < 1.29 is 17.9 Å². The molecule has 2 heterocycles. The highest BCUT2D eigenvalue weighted by Gasteiger charge is 2.30. The van der Waals surface area contributed by atoms with Gasteiger partial charge in [-0.3, -0.25) is 9.20 Å². The molecule has 1 aliphatic rings. The van der Waals surface area contributed by atoms with Crippen LogP contribution < -0.4 is 10.3 Å². The van der Waals surface area contributed by atoms with E-state index in [0.29, 0.717) is 4.96 Å². The predicted molar refractivity (Wildman–Crippen MR) is 113 cm³/mol. The van der Waals surface area contributed by atoms with Crippen LogP contribution in [0.25, 0.3) is 4.96 Å². The number of aromatic nitrogens is 2. The predicted octanol–water partition coefficient (Wildman–Crippen LogP) is 3.17. The van der Waals surface area contributed by atoms with Crippen molar-refractivity contribution in [1.29, 1.82) is 0 Å². The molecule has 2 aromatic heterocycles. The highest BCUT2D eigenvalue weighted by Crippen LogP contribution is 2.31. The minimum atomic E-state index is -3.90. The SMILES string of the molecule is Cc1csc2nc(COC(=O)c3cc(S(=O)(=O)NC4CC4)c(Cl)cc3Cl)cc(=O)n12. The van der Waals surface area contributed by atoms with E-state index >= 15 is 0 Å². The van der Waals surface area contributed by atoms with E-state index in [1.54, 1.807) is 12.3 Å². The zero-order chi connectivity index (χ0) is 21.6. The Hall–Kier alpha value is -1.98. The maximum atomic E-state index is 12.5. The quantitative estimate of drug-likeness (QED) is 0.535. The Morgan fingerprint density at radius 3 is 2.73 bits per heavy atom. The number of esters is 1. The van der Waals surface area contributed by atoms with Crippen LogP contribution in [0.1, 0.15) is 34.6 Å². The van der Waals surface area contributed by atoms with Crippen LogP contribution in [-0.4, -0.2) is 29.8 Å². The number of rotatable bonds is 6. The molecule has 3 aromatic rings. The molecule has 1 saturated carbocycles. The fraction of sp³-hybridized carbons (Fsp3) is 0.278. The summed E-state index contributed by atoms with van der Waals surface area (Å²) in [5, 5.41) is 1.65. The molecule has 4 rings (SSSR count). The van der Waals surface area contributed by atoms with Crippen molar-refractivity contribution in [2.75, 3.05) is 0 Å². The monoisotopic (exact) mass is 487 g/mol. The topological polar surface area (TPSA) is 107 Å². The summed E-state index contributed by atoms with van der Waals surface area (Å²) < 4.78 is 34.2. The standard InChI is InChI=1S/C18H15Cl2N3O5S2/c1-9-8-29-18-21-11(4-16(24)23(9)18)7-28-17(25)12-5-15(14(20)6-13(12)19)30(26,27)22-10-2-3-10/h4-6,8,10,22H,2-3,7H2,1H3. The summed E-state index contributed by atoms with van der Waals surface area (Å²) in [7, 11) is -3.90. The molecule has 0 bridgehead atoms. The summed E-state index contributed by atoms with van der Waals surface area (Å²) in [4.78, 5) is 29.3. The normalized spacial score (nSPS) is 14.2. The molecular weight excluding hydrogens is 473 g/mol. The lowest BCUT2D eigenvalue weighted by molar-refractivity contribution is 0.0467. The van der Waals surface area contributed by atoms with Crippen LogP contribution in [-0.2, 0) is 21.4 Å². The van der Waals surface area contributed by atoms with Gasteiger partial charge in [0.05, 0.1) is 21.3 Å². The Labute approximate surface area is 185 Å². The number of hydrogen-bond acceptors (Lipinski definition) is 7. The molecule has 158 valence electrons. The van der Waals surface area contributed by atoms with E-state index in [9.17, 15) is 18.0 Å². The molecule has 1 N–H and O–H groups in total. The molecular formula is C18H15Cl2N3O5S2. The largest absolute Gasteiger partial charge is 0.456 e. The fourth-order valence-corrected chi connectivity index (χ4v) is 5.81. The van der Waals surface area contributed by atoms with Crippen molar-refractivity contribution in [2.45, 2.75) is 37.3 Å². The number of thiazole rings is 1. The molecule has 0 radical (unpaired) electrons. The lowest BCUT2D eigenvalue weighted by atomic mass is 10.2. The van der Waals surface area contributed by atoms with Crippen LogP contribution in [0.4, 0.5) is 0 Å². The van der Waals surface area contributed by atoms with E-state index < -0.39 is 16.0 Å². The zero-order valence-corrected chi connectivity index (χ0v) is 18.7. The fourth-order valence-electron chi connectivity index (χ4n) is 2.77. The molecule has 0 atom stereocenters. The van der Waals surface area contributed by atoms with Gasteiger partial charge in [0.25, 0.3) is 5.56 Å². The second-order valence-corrected chi connectivity index (χ2v) is 10.1. The van der Waals surface area contributed by atoms with Gasteiger partial charge in [-0.15, -0.1) is 11.3 Å². The van der Waals surface area contributed by atoms with E-state index in [-0.39, 0.29) is 44.4 Å². The molecule has 0 saturated heterocycles. The minimum Gasteiger partial charge on any atom is -0.456 e. The van der Waals surface area contributed by atoms with E-state index in [0.717, 1.165) is 24.6 Å². The van der Waals surface area contributed by atoms with Crippen LogP contribution in [0.3, 0.4) is 0 Å². The number of fused-ring (bicyclic) bond motifs is 1. The van der Waals surface area contributed by atoms with Gasteiger partial charge < -0.3 is 4.74 Å². The second kappa shape index (κ2) is 7.93. The third kappa shape index (κ3) is 4.23. The van der Waals surface area contributed by atoms with Gasteiger partial charge in [0.2, 0.25) is 10.0 Å². The van der Waals surface area contributed by atoms with Gasteiger partial charge in [-0.2, -0.15) is 0 Å². The third-order valence-corrected chi connectivity index (χ3v) is 7.65. The number of ether oxygens (including phenoxy) is 1. The van der Waals surface area contributed by atoms with Crippen molar-refractivity contribution in [1.82, 2.24) is 14.1 Å². The Morgan fingerprint density at radius 2 is 2.03 bits per heavy atom. The molecule has 1 aromatic carbocycles. The van der Waals surface area contributed by atoms with Crippen molar-refractivity contribution in [3.63, 3.8) is 0 Å². The Kier molecular flexibility index (Phi) is 5.62. The van der Waals surface area contributed by atoms with Crippen LogP contribution in [0.2, 0.25) is 10.0 Å². The van der Waals surface area contributed by atoms with Gasteiger partial charge in [-0.1, -0.05) is 23.2 Å². The molecule has 8 nitrogen and oxygen atoms in total. The summed E-state index contributed by atoms with van der Waals surface area (Å²) in [5.41, 5.74) is 0.594. The molecule has 0 amide bonds. The lowest BCUT2D eigenvalue weighted by Crippen LogP contribution is -2.26. The summed E-state index contributed by atoms with van der Waals surface area (Å²) in [6.07, 6.45) is 1.50. The molecule has 30 heavy (non-hydrogen) atoms. The van der Waals surface area contributed by atoms with Crippen molar-refractivity contribution >= 4 is 55.5 Å². The number of nitrogens with one attached hydrogen (secondary N) is 1. The minimum absolute atomic E-state index is 0.0484. The number of hydrogen-bond donors (Lipinski definition) is 1. The smallest absolute Gasteiger partial charge is 0.340 e. The average Bonchev–Trinajstić information content (AvgIpc) is 3.38. The molecule has 1 fully saturated rings. The average molecular weight is 488 g/mol. The zero-order valence-electron chi connectivity index (χ0n) is 15.5. The van der Waals surface area contributed by atoms with Gasteiger partial charge in [0, 0.05) is 23.2 Å². The van der Waals surface area contributed by atoms with E-state index in [2.05, 4.69) is 9.71 Å². The van der Waals surface area contributed by atoms with Gasteiger partial charge in [0.15, 0.2) is 4.96 Å². The van der Waals surface area contributed by atoms with Crippen LogP contribution in [0, 0.1) is 6.92 Å². The van der Waals surface area contributed by atoms with Crippen LogP contribution >= 0.6 is 34.5 Å². The Morgan fingerprint density at radius 1 is 1.30 bits per heavy atom. The van der Waals surface area contributed by atoms with E-state index in [1.807, 2.05) is 0 Å². The van der Waals surface area contributed by atoms with Crippen LogP contribution in [0.5, 0.6) is 0 Å². The van der Waals surface area contributed by atoms with Gasteiger partial charge in [0.1, 0.15) is 11.5 Å². The number of nitrogens with zero attached hydrogens (tertiary/aromatic N) is 2. The summed E-state index contributed by atoms with van der Waals surface area (Å²) in [6, 6.07) is 3.43. The van der Waals surface area contributed by atoms with Gasteiger partial charge in [-0.25, -0.2) is 22.9 Å². The highest BCUT2D eigenvalue weighted by atomic mass is 35.5. The molecule has 12 heteroatoms. The second-order valence-electron chi connectivity index (χ2n) is 6.81. The Bertz CT molecular complexity index is 1330. The molecule has 0 aliphatic heterocycles. The molecule has 1 aliphatic carbocycles. The first-order valence-corrected chi connectivity index (χ1v) is 11.9. The van der Waals surface area contributed by atoms with Crippen molar-refractivity contribution in [3.8, 4) is 0 Å². The van der Waals surface area contributed by atoms with Gasteiger partial charge >= 0.3 is 5.97 Å². The van der Waals surface area contributed by atoms with Crippen molar-refractivity contribution in [3.05, 3.63) is 60.9 Å². The number of sulfonamides is 1. The summed E-state index contributed by atoms with van der Waals surface area (Å²) in [5.74, 6) is -0.858. The number of carbonyl (C=O) groups is 1. The number of aryl methyl sites for hydroxylation is 1. The van der Waals surface area contributed by atoms with Gasteiger partial charge in [-0.05, 0) is 31.9 Å². The lowest BCUT2D eigenvalue weighted by Gasteiger charge is -2.11. The summed E-state index contributed by atoms with van der Waals surface area (Å²) in [6.45, 7) is 1.52. The number of halogens is 2. The van der Waals surface area contributed by atoms with E-state index in [1.165, 1.54) is 27.9 Å². The first-order chi connectivity index (χ1) is 14.2.